The molecule has 6 aromatic rings. The third kappa shape index (κ3) is 5.46. The van der Waals surface area contributed by atoms with E-state index in [1.165, 1.54) is 5.56 Å². The summed E-state index contributed by atoms with van der Waals surface area (Å²) < 4.78 is 0. The molecule has 0 atom stereocenters. The van der Waals surface area contributed by atoms with Gasteiger partial charge in [0.25, 0.3) is 0 Å². The van der Waals surface area contributed by atoms with E-state index in [1.807, 2.05) is 48.8 Å². The number of fused-ring (bicyclic) bond motifs is 1. The van der Waals surface area contributed by atoms with Crippen molar-refractivity contribution < 1.29 is 0 Å². The maximum atomic E-state index is 4.64. The minimum atomic E-state index is 0.645. The maximum absolute atomic E-state index is 4.64. The second kappa shape index (κ2) is 11.3. The average Bonchev–Trinajstić information content (AvgIpc) is 3.59. The normalized spacial score (nSPS) is 11.5. The summed E-state index contributed by atoms with van der Waals surface area (Å²) in [5.41, 5.74) is 11.6. The zero-order valence-corrected chi connectivity index (χ0v) is 22.7. The third-order valence-corrected chi connectivity index (χ3v) is 6.91. The van der Waals surface area contributed by atoms with Crippen LogP contribution in [0.3, 0.4) is 0 Å². The Morgan fingerprint density at radius 1 is 0.951 bits per heavy atom. The van der Waals surface area contributed by atoms with Crippen LogP contribution in [0, 0.1) is 6.92 Å². The van der Waals surface area contributed by atoms with Gasteiger partial charge in [0.1, 0.15) is 0 Å². The number of allylic oxidation sites excluding steroid dienone is 3. The number of H-pyrrole nitrogens is 2. The van der Waals surface area contributed by atoms with Gasteiger partial charge in [-0.2, -0.15) is 5.10 Å². The van der Waals surface area contributed by atoms with Gasteiger partial charge >= 0.3 is 0 Å². The molecule has 0 fully saturated rings. The summed E-state index contributed by atoms with van der Waals surface area (Å²) in [6, 6.07) is 20.5. The largest absolute Gasteiger partial charge is 0.358 e. The number of hydrogen-bond acceptors (Lipinski definition) is 5. The second-order valence-corrected chi connectivity index (χ2v) is 9.82. The topological polar surface area (TPSA) is 95.2 Å². The van der Waals surface area contributed by atoms with Gasteiger partial charge in [-0.15, -0.1) is 0 Å². The molecule has 5 heterocycles. The maximum Gasteiger partial charge on any atom is 0.181 e. The molecule has 41 heavy (non-hydrogen) atoms. The predicted octanol–water partition coefficient (Wildman–Crippen LogP) is 7.50. The highest BCUT2D eigenvalue weighted by atomic mass is 15.2. The van der Waals surface area contributed by atoms with Gasteiger partial charge in [0.15, 0.2) is 5.65 Å². The summed E-state index contributed by atoms with van der Waals surface area (Å²) in [6.45, 7) is 10.2. The van der Waals surface area contributed by atoms with E-state index in [0.29, 0.717) is 5.65 Å². The zero-order chi connectivity index (χ0) is 28.2. The highest BCUT2D eigenvalue weighted by Crippen LogP contribution is 2.34. The number of aryl methyl sites for hydroxylation is 1. The van der Waals surface area contributed by atoms with Crippen LogP contribution in [0.5, 0.6) is 0 Å². The van der Waals surface area contributed by atoms with Gasteiger partial charge in [-0.3, -0.25) is 15.1 Å². The van der Waals surface area contributed by atoms with E-state index in [9.17, 15) is 0 Å². The molecule has 7 heteroatoms. The van der Waals surface area contributed by atoms with Crippen LogP contribution in [-0.2, 0) is 6.42 Å². The highest BCUT2D eigenvalue weighted by Gasteiger charge is 2.17. The molecule has 1 aromatic carbocycles. The van der Waals surface area contributed by atoms with E-state index in [4.69, 9.17) is 0 Å². The average molecular weight is 536 g/mol. The van der Waals surface area contributed by atoms with Gasteiger partial charge in [-0.05, 0) is 54.0 Å². The standard InChI is InChI=1S/C34H29N7/c1-4-8-29(25-11-13-35-14-12-25)30-18-32(39-23(30)3)33-31-17-27(20-37-34(31)41-40-33)26-16-28(21-36-19-26)38-22(2)15-24-9-6-5-7-10-24/h4-14,16-21,38-39H,1-2,15H2,3H3,(H,37,40,41)/b29-8-. The zero-order valence-electron chi connectivity index (χ0n) is 22.7. The van der Waals surface area contributed by atoms with Crippen LogP contribution in [0.1, 0.15) is 22.4 Å². The first-order chi connectivity index (χ1) is 20.1. The molecule has 0 aliphatic heterocycles. The quantitative estimate of drug-likeness (QED) is 0.167. The Kier molecular flexibility index (Phi) is 7.07. The Balaban J connectivity index is 1.30. The number of pyridine rings is 3. The van der Waals surface area contributed by atoms with Crippen molar-refractivity contribution in [2.45, 2.75) is 13.3 Å². The Hall–Kier alpha value is -5.56. The van der Waals surface area contributed by atoms with E-state index in [1.54, 1.807) is 24.7 Å². The van der Waals surface area contributed by atoms with Crippen molar-refractivity contribution in [3.63, 3.8) is 0 Å². The van der Waals surface area contributed by atoms with Crippen LogP contribution >= 0.6 is 0 Å². The number of nitrogens with one attached hydrogen (secondary N) is 3. The van der Waals surface area contributed by atoms with Gasteiger partial charge in [0, 0.05) is 64.7 Å². The van der Waals surface area contributed by atoms with Crippen molar-refractivity contribution in [3.05, 3.63) is 145 Å². The van der Waals surface area contributed by atoms with Crippen LogP contribution in [0.15, 0.2) is 123 Å². The van der Waals surface area contributed by atoms with Crippen LogP contribution in [0.4, 0.5) is 5.69 Å². The third-order valence-electron chi connectivity index (χ3n) is 6.91. The van der Waals surface area contributed by atoms with Gasteiger partial charge in [-0.1, -0.05) is 55.6 Å². The number of anilines is 1. The first-order valence-corrected chi connectivity index (χ1v) is 13.3. The summed E-state index contributed by atoms with van der Waals surface area (Å²) in [6.07, 6.45) is 13.6. The lowest BCUT2D eigenvalue weighted by atomic mass is 9.98. The Morgan fingerprint density at radius 3 is 2.56 bits per heavy atom. The summed E-state index contributed by atoms with van der Waals surface area (Å²) in [4.78, 5) is 16.8. The lowest BCUT2D eigenvalue weighted by molar-refractivity contribution is 1.09. The Morgan fingerprint density at radius 2 is 1.76 bits per heavy atom. The van der Waals surface area contributed by atoms with E-state index < -0.39 is 0 Å². The monoisotopic (exact) mass is 535 g/mol. The van der Waals surface area contributed by atoms with Crippen molar-refractivity contribution in [1.29, 1.82) is 0 Å². The molecule has 0 aliphatic rings. The molecule has 5 aromatic heterocycles. The van der Waals surface area contributed by atoms with E-state index >= 15 is 0 Å². The number of benzene rings is 1. The van der Waals surface area contributed by atoms with Crippen LogP contribution in [0.25, 0.3) is 39.1 Å². The van der Waals surface area contributed by atoms with E-state index in [-0.39, 0.29) is 0 Å². The molecular formula is C34H29N7. The number of aromatic amines is 2. The van der Waals surface area contributed by atoms with Crippen LogP contribution in [-0.4, -0.2) is 30.1 Å². The van der Waals surface area contributed by atoms with Gasteiger partial charge < -0.3 is 10.3 Å². The molecule has 0 saturated heterocycles. The lowest BCUT2D eigenvalue weighted by Gasteiger charge is -2.11. The Bertz CT molecular complexity index is 1880. The molecule has 6 rings (SSSR count). The summed E-state index contributed by atoms with van der Waals surface area (Å²) in [7, 11) is 0. The van der Waals surface area contributed by atoms with Gasteiger partial charge in [0.05, 0.1) is 23.3 Å². The van der Waals surface area contributed by atoms with Crippen molar-refractivity contribution >= 4 is 22.3 Å². The molecule has 0 aliphatic carbocycles. The van der Waals surface area contributed by atoms with Gasteiger partial charge in [-0.25, -0.2) is 4.98 Å². The summed E-state index contributed by atoms with van der Waals surface area (Å²) in [5, 5.41) is 12.0. The molecule has 3 N–H and O–H groups in total. The minimum absolute atomic E-state index is 0.645. The number of aromatic nitrogens is 6. The SMILES string of the molecule is C=C/C=C(/c1ccncc1)c1cc(-c2[nH]nc3ncc(-c4cncc(NC(=C)Cc5ccccc5)c4)cc23)[nH]c1C. The first kappa shape index (κ1) is 25.7. The highest BCUT2D eigenvalue weighted by molar-refractivity contribution is 5.94. The van der Waals surface area contributed by atoms with Crippen LogP contribution in [0.2, 0.25) is 0 Å². The minimum Gasteiger partial charge on any atom is -0.358 e. The molecule has 0 unspecified atom stereocenters. The molecule has 0 bridgehead atoms. The van der Waals surface area contributed by atoms with Crippen LogP contribution < -0.4 is 5.32 Å². The fourth-order valence-corrected chi connectivity index (χ4v) is 4.98. The number of nitrogens with zero attached hydrogens (tertiary/aromatic N) is 4. The van der Waals surface area contributed by atoms with Crippen molar-refractivity contribution in [1.82, 2.24) is 30.1 Å². The Labute approximate surface area is 238 Å². The molecule has 0 amide bonds. The lowest BCUT2D eigenvalue weighted by Crippen LogP contribution is -2.02. The predicted molar refractivity (Wildman–Crippen MR) is 166 cm³/mol. The fourth-order valence-electron chi connectivity index (χ4n) is 4.98. The first-order valence-electron chi connectivity index (χ1n) is 13.3. The molecule has 200 valence electrons. The fraction of sp³-hybridized carbons (Fsp3) is 0.0588. The second-order valence-electron chi connectivity index (χ2n) is 9.82. The molecule has 0 saturated carbocycles. The van der Waals surface area contributed by atoms with E-state index in [0.717, 1.165) is 68.1 Å². The van der Waals surface area contributed by atoms with E-state index in [2.05, 4.69) is 85.9 Å². The smallest absolute Gasteiger partial charge is 0.181 e. The summed E-state index contributed by atoms with van der Waals surface area (Å²) in [5.74, 6) is 0. The summed E-state index contributed by atoms with van der Waals surface area (Å²) >= 11 is 0. The molecular weight excluding hydrogens is 506 g/mol. The number of rotatable bonds is 9. The number of hydrogen-bond donors (Lipinski definition) is 3. The molecule has 7 nitrogen and oxygen atoms in total. The van der Waals surface area contributed by atoms with Crippen molar-refractivity contribution in [2.75, 3.05) is 5.32 Å². The molecule has 0 radical (unpaired) electrons. The van der Waals surface area contributed by atoms with Crippen molar-refractivity contribution in [2.24, 2.45) is 0 Å². The molecule has 0 spiro atoms. The van der Waals surface area contributed by atoms with Crippen molar-refractivity contribution in [3.8, 4) is 22.5 Å². The van der Waals surface area contributed by atoms with Gasteiger partial charge in [0.2, 0.25) is 0 Å².